The highest BCUT2D eigenvalue weighted by atomic mass is 16.3. The summed E-state index contributed by atoms with van der Waals surface area (Å²) < 4.78 is 0. The van der Waals surface area contributed by atoms with E-state index >= 15 is 0 Å². The summed E-state index contributed by atoms with van der Waals surface area (Å²) in [6.07, 6.45) is 4.75. The second-order valence-corrected chi connectivity index (χ2v) is 7.00. The van der Waals surface area contributed by atoms with Crippen LogP contribution in [0, 0.1) is 5.92 Å². The first-order chi connectivity index (χ1) is 11.6. The third-order valence-electron chi connectivity index (χ3n) is 5.14. The summed E-state index contributed by atoms with van der Waals surface area (Å²) >= 11 is 0. The van der Waals surface area contributed by atoms with E-state index in [-0.39, 0.29) is 18.7 Å². The van der Waals surface area contributed by atoms with Crippen LogP contribution in [0.5, 0.6) is 0 Å². The smallest absolute Gasteiger partial charge is 0.317 e. The van der Waals surface area contributed by atoms with Gasteiger partial charge < -0.3 is 20.2 Å². The Hall–Kier alpha value is -1.89. The molecule has 1 aromatic rings. The second kappa shape index (κ2) is 7.34. The molecule has 0 aromatic carbocycles. The average molecular weight is 333 g/mol. The summed E-state index contributed by atoms with van der Waals surface area (Å²) in [4.78, 5) is 16.4. The van der Waals surface area contributed by atoms with Crippen LogP contribution in [0.2, 0.25) is 0 Å². The number of fused-ring (bicyclic) bond motifs is 1. The van der Waals surface area contributed by atoms with E-state index in [4.69, 9.17) is 5.11 Å². The minimum Gasteiger partial charge on any atom is -0.396 e. The fourth-order valence-electron chi connectivity index (χ4n) is 3.70. The van der Waals surface area contributed by atoms with E-state index in [9.17, 15) is 4.79 Å². The van der Waals surface area contributed by atoms with Gasteiger partial charge in [0.05, 0.1) is 5.69 Å². The van der Waals surface area contributed by atoms with Crippen LogP contribution in [0.25, 0.3) is 0 Å². The van der Waals surface area contributed by atoms with Crippen molar-refractivity contribution in [2.24, 2.45) is 5.92 Å². The lowest BCUT2D eigenvalue weighted by atomic mass is 10.00. The number of amides is 2. The van der Waals surface area contributed by atoms with Gasteiger partial charge in [-0.3, -0.25) is 0 Å². The number of nitrogens with zero attached hydrogens (tertiary/aromatic N) is 4. The van der Waals surface area contributed by atoms with Crippen LogP contribution in [-0.4, -0.2) is 59.5 Å². The molecule has 7 nitrogen and oxygen atoms in total. The molecule has 1 fully saturated rings. The van der Waals surface area contributed by atoms with Crippen molar-refractivity contribution < 1.29 is 9.90 Å². The van der Waals surface area contributed by atoms with Gasteiger partial charge in [-0.2, -0.15) is 5.10 Å². The molecule has 24 heavy (non-hydrogen) atoms. The third-order valence-corrected chi connectivity index (χ3v) is 5.14. The number of urea groups is 1. The molecule has 2 amide bonds. The monoisotopic (exact) mass is 333 g/mol. The number of hydrogen-bond donors (Lipinski definition) is 2. The zero-order valence-corrected chi connectivity index (χ0v) is 14.5. The zero-order chi connectivity index (χ0) is 17.1. The maximum absolute atomic E-state index is 12.6. The minimum atomic E-state index is -0.00120. The van der Waals surface area contributed by atoms with Gasteiger partial charge in [0.1, 0.15) is 0 Å². The number of carbonyl (C=O) groups is 1. The summed E-state index contributed by atoms with van der Waals surface area (Å²) in [5.74, 6) is 1.22. The molecule has 1 aromatic heterocycles. The van der Waals surface area contributed by atoms with Crippen molar-refractivity contribution >= 4 is 11.8 Å². The maximum Gasteiger partial charge on any atom is 0.317 e. The van der Waals surface area contributed by atoms with E-state index in [0.717, 1.165) is 49.2 Å². The third kappa shape index (κ3) is 3.61. The normalized spacial score (nSPS) is 23.0. The van der Waals surface area contributed by atoms with Crippen molar-refractivity contribution in [3.63, 3.8) is 0 Å². The number of aliphatic hydroxyl groups excluding tert-OH is 1. The van der Waals surface area contributed by atoms with Crippen LogP contribution >= 0.6 is 0 Å². The Morgan fingerprint density at radius 2 is 2.25 bits per heavy atom. The van der Waals surface area contributed by atoms with Crippen molar-refractivity contribution in [2.45, 2.75) is 44.7 Å². The Morgan fingerprint density at radius 1 is 1.42 bits per heavy atom. The topological polar surface area (TPSA) is 81.6 Å². The second-order valence-electron chi connectivity index (χ2n) is 7.00. The molecule has 3 rings (SSSR count). The van der Waals surface area contributed by atoms with Gasteiger partial charge in [-0.25, -0.2) is 4.79 Å². The van der Waals surface area contributed by atoms with Crippen LogP contribution in [0.4, 0.5) is 10.6 Å². The molecule has 2 atom stereocenters. The summed E-state index contributed by atoms with van der Waals surface area (Å²) in [7, 11) is 3.87. The Balaban J connectivity index is 1.64. The lowest BCUT2D eigenvalue weighted by Gasteiger charge is -2.31. The minimum absolute atomic E-state index is 0.00120. The Labute approximate surface area is 143 Å². The van der Waals surface area contributed by atoms with E-state index < -0.39 is 0 Å². The molecule has 7 heteroatoms. The van der Waals surface area contributed by atoms with E-state index in [1.165, 1.54) is 0 Å². The molecule has 0 spiro atoms. The zero-order valence-electron chi connectivity index (χ0n) is 14.5. The van der Waals surface area contributed by atoms with E-state index in [2.05, 4.69) is 15.5 Å². The van der Waals surface area contributed by atoms with Crippen molar-refractivity contribution in [1.29, 1.82) is 0 Å². The van der Waals surface area contributed by atoms with Gasteiger partial charge in [0, 0.05) is 46.3 Å². The highest BCUT2D eigenvalue weighted by Gasteiger charge is 2.30. The van der Waals surface area contributed by atoms with Gasteiger partial charge in [0.2, 0.25) is 0 Å². The van der Waals surface area contributed by atoms with Crippen molar-refractivity contribution in [3.05, 3.63) is 17.3 Å². The number of aliphatic hydroxyl groups is 1. The number of aromatic nitrogens is 2. The van der Waals surface area contributed by atoms with E-state index in [0.29, 0.717) is 19.0 Å². The number of nitrogens with one attached hydrogen (secondary N) is 1. The summed E-state index contributed by atoms with van der Waals surface area (Å²) in [6, 6.07) is 2.21. The molecule has 132 valence electrons. The van der Waals surface area contributed by atoms with Crippen molar-refractivity contribution in [2.75, 3.05) is 32.1 Å². The molecule has 0 radical (unpaired) electrons. The summed E-state index contributed by atoms with van der Waals surface area (Å²) in [5.41, 5.74) is 2.07. The summed E-state index contributed by atoms with van der Waals surface area (Å²) in [5, 5.41) is 20.9. The van der Waals surface area contributed by atoms with Gasteiger partial charge >= 0.3 is 6.03 Å². The van der Waals surface area contributed by atoms with Crippen LogP contribution in [-0.2, 0) is 13.0 Å². The molecule has 2 unspecified atom stereocenters. The van der Waals surface area contributed by atoms with Crippen LogP contribution < -0.4 is 10.2 Å². The maximum atomic E-state index is 12.6. The Kier molecular flexibility index (Phi) is 5.18. The quantitative estimate of drug-likeness (QED) is 0.864. The summed E-state index contributed by atoms with van der Waals surface area (Å²) in [6.45, 7) is 1.45. The fourth-order valence-corrected chi connectivity index (χ4v) is 3.70. The molecule has 1 aliphatic heterocycles. The number of hydrogen-bond acceptors (Lipinski definition) is 5. The van der Waals surface area contributed by atoms with Gasteiger partial charge in [0.25, 0.3) is 0 Å². The molecule has 2 N–H and O–H groups in total. The predicted molar refractivity (Wildman–Crippen MR) is 91.8 cm³/mol. The molecule has 1 saturated carbocycles. The average Bonchev–Trinajstić information content (AvgIpc) is 3.01. The fraction of sp³-hybridized carbons (Fsp3) is 0.706. The first kappa shape index (κ1) is 17.0. The highest BCUT2D eigenvalue weighted by molar-refractivity contribution is 5.75. The number of anilines is 1. The highest BCUT2D eigenvalue weighted by Crippen LogP contribution is 2.28. The van der Waals surface area contributed by atoms with Gasteiger partial charge in [-0.05, 0) is 36.8 Å². The largest absolute Gasteiger partial charge is 0.396 e. The van der Waals surface area contributed by atoms with E-state index in [1.807, 2.05) is 30.0 Å². The molecular formula is C17H27N5O2. The molecular weight excluding hydrogens is 306 g/mol. The SMILES string of the molecule is CN(C)c1cc2c(nn1)CCN(C(=O)NC1CCCC1CCO)C2. The molecule has 0 bridgehead atoms. The molecule has 2 heterocycles. The molecule has 0 saturated heterocycles. The van der Waals surface area contributed by atoms with Crippen LogP contribution in [0.3, 0.4) is 0 Å². The van der Waals surface area contributed by atoms with Crippen molar-refractivity contribution in [1.82, 2.24) is 20.4 Å². The molecule has 1 aliphatic carbocycles. The standard InChI is InChI=1S/C17H27N5O2/c1-21(2)16-10-13-11-22(8-6-15(13)19-20-16)17(24)18-14-5-3-4-12(14)7-9-23/h10,12,14,23H,3-9,11H2,1-2H3,(H,18,24). The first-order valence-electron chi connectivity index (χ1n) is 8.77. The predicted octanol–water partition coefficient (Wildman–Crippen LogP) is 1.16. The van der Waals surface area contributed by atoms with Gasteiger partial charge in [-0.15, -0.1) is 5.10 Å². The molecule has 2 aliphatic rings. The number of carbonyl (C=O) groups excluding carboxylic acids is 1. The first-order valence-corrected chi connectivity index (χ1v) is 8.77. The van der Waals surface area contributed by atoms with Gasteiger partial charge in [0.15, 0.2) is 5.82 Å². The van der Waals surface area contributed by atoms with Crippen molar-refractivity contribution in [3.8, 4) is 0 Å². The lowest BCUT2D eigenvalue weighted by molar-refractivity contribution is 0.180. The Bertz CT molecular complexity index is 592. The van der Waals surface area contributed by atoms with Crippen LogP contribution in [0.1, 0.15) is 36.9 Å². The lowest BCUT2D eigenvalue weighted by Crippen LogP contribution is -2.48. The Morgan fingerprint density at radius 3 is 3.00 bits per heavy atom. The van der Waals surface area contributed by atoms with Crippen LogP contribution in [0.15, 0.2) is 6.07 Å². The number of rotatable bonds is 4. The van der Waals surface area contributed by atoms with E-state index in [1.54, 1.807) is 0 Å². The van der Waals surface area contributed by atoms with Gasteiger partial charge in [-0.1, -0.05) is 6.42 Å².